The number of amides is 1. The predicted octanol–water partition coefficient (Wildman–Crippen LogP) is 2.66. The van der Waals surface area contributed by atoms with Gasteiger partial charge in [-0.25, -0.2) is 0 Å². The van der Waals surface area contributed by atoms with E-state index in [9.17, 15) is 9.59 Å². The highest BCUT2D eigenvalue weighted by Crippen LogP contribution is 2.15. The van der Waals surface area contributed by atoms with Gasteiger partial charge in [0, 0.05) is 18.2 Å². The number of ketones is 1. The Morgan fingerprint density at radius 1 is 0.905 bits per heavy atom. The zero-order valence-corrected chi connectivity index (χ0v) is 12.0. The number of nitrogens with one attached hydrogen (secondary N) is 1. The first-order valence-electron chi connectivity index (χ1n) is 6.59. The van der Waals surface area contributed by atoms with Crippen molar-refractivity contribution in [2.75, 3.05) is 7.11 Å². The molecule has 1 unspecified atom stereocenters. The molecule has 0 aliphatic heterocycles. The second kappa shape index (κ2) is 6.33. The maximum Gasteiger partial charge on any atom is 0.253 e. The van der Waals surface area contributed by atoms with Gasteiger partial charge in [0.15, 0.2) is 0 Å². The first-order valence-corrected chi connectivity index (χ1v) is 6.59. The summed E-state index contributed by atoms with van der Waals surface area (Å²) in [6, 6.07) is 17.4. The van der Waals surface area contributed by atoms with Crippen LogP contribution in [0.1, 0.15) is 27.6 Å². The Balaban J connectivity index is 2.22. The molecule has 1 N–H and O–H groups in total. The molecule has 108 valence electrons. The number of Topliss-reactive ketones (excluding diaryl/α,β-unsaturated/α-hetero) is 1. The normalized spacial score (nSPS) is 13.2. The molecule has 4 heteroatoms. The van der Waals surface area contributed by atoms with Gasteiger partial charge in [-0.05, 0) is 19.1 Å². The van der Waals surface area contributed by atoms with Crippen LogP contribution in [-0.4, -0.2) is 24.5 Å². The minimum absolute atomic E-state index is 0.296. The number of benzene rings is 2. The van der Waals surface area contributed by atoms with E-state index in [2.05, 4.69) is 5.32 Å². The molecule has 0 spiro atoms. The summed E-state index contributed by atoms with van der Waals surface area (Å²) < 4.78 is 5.26. The van der Waals surface area contributed by atoms with Gasteiger partial charge in [0.2, 0.25) is 11.5 Å². The predicted molar refractivity (Wildman–Crippen MR) is 80.1 cm³/mol. The lowest BCUT2D eigenvalue weighted by molar-refractivity contribution is -0.00519. The number of carbonyl (C=O) groups is 2. The monoisotopic (exact) mass is 283 g/mol. The molecule has 2 aromatic rings. The second-order valence-electron chi connectivity index (χ2n) is 4.75. The minimum Gasteiger partial charge on any atom is -0.352 e. The minimum atomic E-state index is -1.41. The smallest absolute Gasteiger partial charge is 0.253 e. The largest absolute Gasteiger partial charge is 0.352 e. The lowest BCUT2D eigenvalue weighted by atomic mass is 10.0. The summed E-state index contributed by atoms with van der Waals surface area (Å²) in [5, 5.41) is 2.65. The lowest BCUT2D eigenvalue weighted by Gasteiger charge is -2.27. The second-order valence-corrected chi connectivity index (χ2v) is 4.75. The fourth-order valence-corrected chi connectivity index (χ4v) is 1.94. The van der Waals surface area contributed by atoms with E-state index in [4.69, 9.17) is 4.74 Å². The number of hydrogen-bond acceptors (Lipinski definition) is 3. The van der Waals surface area contributed by atoms with Crippen molar-refractivity contribution in [2.45, 2.75) is 12.6 Å². The summed E-state index contributed by atoms with van der Waals surface area (Å²) in [5.74, 6) is -0.654. The van der Waals surface area contributed by atoms with Crippen LogP contribution in [0.15, 0.2) is 60.7 Å². The van der Waals surface area contributed by atoms with Crippen molar-refractivity contribution in [3.05, 3.63) is 71.8 Å². The third kappa shape index (κ3) is 3.35. The maximum absolute atomic E-state index is 12.5. The van der Waals surface area contributed by atoms with E-state index in [1.807, 2.05) is 12.1 Å². The highest BCUT2D eigenvalue weighted by Gasteiger charge is 2.35. The van der Waals surface area contributed by atoms with Gasteiger partial charge in [-0.15, -0.1) is 0 Å². The van der Waals surface area contributed by atoms with Crippen molar-refractivity contribution in [2.24, 2.45) is 0 Å². The lowest BCUT2D eigenvalue weighted by Crippen LogP contribution is -2.53. The first kappa shape index (κ1) is 14.9. The molecule has 0 fully saturated rings. The Bertz CT molecular complexity index is 625. The van der Waals surface area contributed by atoms with Crippen LogP contribution in [0.25, 0.3) is 0 Å². The Morgan fingerprint density at radius 3 is 1.86 bits per heavy atom. The van der Waals surface area contributed by atoms with Crippen LogP contribution in [0.4, 0.5) is 0 Å². The van der Waals surface area contributed by atoms with Gasteiger partial charge in [0.25, 0.3) is 5.91 Å². The van der Waals surface area contributed by atoms with Crippen LogP contribution in [-0.2, 0) is 4.74 Å². The van der Waals surface area contributed by atoms with Crippen LogP contribution < -0.4 is 5.32 Å². The van der Waals surface area contributed by atoms with Crippen molar-refractivity contribution < 1.29 is 14.3 Å². The molecule has 0 heterocycles. The maximum atomic E-state index is 12.5. The van der Waals surface area contributed by atoms with Crippen molar-refractivity contribution in [3.8, 4) is 0 Å². The zero-order chi connectivity index (χ0) is 15.3. The van der Waals surface area contributed by atoms with Crippen LogP contribution in [0, 0.1) is 0 Å². The molecule has 21 heavy (non-hydrogen) atoms. The van der Waals surface area contributed by atoms with Crippen molar-refractivity contribution in [3.63, 3.8) is 0 Å². The zero-order valence-electron chi connectivity index (χ0n) is 12.0. The molecular formula is C17H17NO3. The highest BCUT2D eigenvalue weighted by atomic mass is 16.5. The van der Waals surface area contributed by atoms with Gasteiger partial charge in [-0.2, -0.15) is 0 Å². The summed E-state index contributed by atoms with van der Waals surface area (Å²) in [6.07, 6.45) is 0. The topological polar surface area (TPSA) is 55.4 Å². The number of rotatable bonds is 5. The summed E-state index contributed by atoms with van der Waals surface area (Å²) in [7, 11) is 1.39. The summed E-state index contributed by atoms with van der Waals surface area (Å²) >= 11 is 0. The molecule has 4 nitrogen and oxygen atoms in total. The van der Waals surface area contributed by atoms with Crippen LogP contribution in [0.3, 0.4) is 0 Å². The molecule has 0 saturated carbocycles. The quantitative estimate of drug-likeness (QED) is 0.678. The van der Waals surface area contributed by atoms with E-state index < -0.39 is 5.72 Å². The molecule has 0 aliphatic carbocycles. The highest BCUT2D eigenvalue weighted by molar-refractivity contribution is 6.05. The SMILES string of the molecule is COC(C)(NC(=O)c1ccccc1)C(=O)c1ccccc1. The molecule has 0 bridgehead atoms. The third-order valence-electron chi connectivity index (χ3n) is 3.27. The van der Waals surface area contributed by atoms with Gasteiger partial charge in [0.05, 0.1) is 0 Å². The molecule has 0 aromatic heterocycles. The Kier molecular flexibility index (Phi) is 4.50. The fraction of sp³-hybridized carbons (Fsp3) is 0.176. The summed E-state index contributed by atoms with van der Waals surface area (Å²) in [4.78, 5) is 24.7. The molecule has 0 aliphatic rings. The third-order valence-corrected chi connectivity index (χ3v) is 3.27. The van der Waals surface area contributed by atoms with Gasteiger partial charge in [-0.3, -0.25) is 9.59 Å². The first-order chi connectivity index (χ1) is 10.1. The van der Waals surface area contributed by atoms with E-state index in [1.54, 1.807) is 55.5 Å². The standard InChI is InChI=1S/C17H17NO3/c1-17(21-2,15(19)13-9-5-3-6-10-13)18-16(20)14-11-7-4-8-12-14/h3-12H,1-2H3,(H,18,20). The van der Waals surface area contributed by atoms with E-state index >= 15 is 0 Å². The van der Waals surface area contributed by atoms with Gasteiger partial charge < -0.3 is 10.1 Å². The van der Waals surface area contributed by atoms with Crippen LogP contribution >= 0.6 is 0 Å². The number of methoxy groups -OCH3 is 1. The number of carbonyl (C=O) groups excluding carboxylic acids is 2. The average Bonchev–Trinajstić information content (AvgIpc) is 2.55. The van der Waals surface area contributed by atoms with Crippen molar-refractivity contribution in [1.29, 1.82) is 0 Å². The Labute approximate surface area is 123 Å². The van der Waals surface area contributed by atoms with Gasteiger partial charge >= 0.3 is 0 Å². The van der Waals surface area contributed by atoms with Crippen molar-refractivity contribution >= 4 is 11.7 Å². The van der Waals surface area contributed by atoms with E-state index in [-0.39, 0.29) is 11.7 Å². The van der Waals surface area contributed by atoms with E-state index in [0.717, 1.165) is 0 Å². The molecule has 1 amide bonds. The molecule has 0 radical (unpaired) electrons. The fourth-order valence-electron chi connectivity index (χ4n) is 1.94. The van der Waals surface area contributed by atoms with Crippen LogP contribution in [0.5, 0.6) is 0 Å². The Morgan fingerprint density at radius 2 is 1.38 bits per heavy atom. The number of hydrogen-bond donors (Lipinski definition) is 1. The molecule has 1 atom stereocenters. The van der Waals surface area contributed by atoms with E-state index in [0.29, 0.717) is 11.1 Å². The molecule has 0 saturated heterocycles. The summed E-state index contributed by atoms with van der Waals surface area (Å²) in [5.41, 5.74) is -0.453. The van der Waals surface area contributed by atoms with Crippen LogP contribution in [0.2, 0.25) is 0 Å². The van der Waals surface area contributed by atoms with Gasteiger partial charge in [-0.1, -0.05) is 48.5 Å². The van der Waals surface area contributed by atoms with Crippen molar-refractivity contribution in [1.82, 2.24) is 5.32 Å². The average molecular weight is 283 g/mol. The number of ether oxygens (including phenoxy) is 1. The molecule has 2 rings (SSSR count). The molecule has 2 aromatic carbocycles. The molecular weight excluding hydrogens is 266 g/mol. The summed E-state index contributed by atoms with van der Waals surface area (Å²) in [6.45, 7) is 1.54. The van der Waals surface area contributed by atoms with E-state index in [1.165, 1.54) is 7.11 Å². The van der Waals surface area contributed by atoms with Gasteiger partial charge in [0.1, 0.15) is 0 Å². The Hall–Kier alpha value is -2.46.